The van der Waals surface area contributed by atoms with Gasteiger partial charge >= 0.3 is 18.4 Å². The van der Waals surface area contributed by atoms with Gasteiger partial charge in [-0.3, -0.25) is 4.90 Å². The number of likely N-dealkylation sites (tertiary alicyclic amines) is 1. The van der Waals surface area contributed by atoms with Crippen molar-refractivity contribution in [3.8, 4) is 29.0 Å². The third-order valence-corrected chi connectivity index (χ3v) is 10.6. The lowest BCUT2D eigenvalue weighted by atomic mass is 9.91. The van der Waals surface area contributed by atoms with Gasteiger partial charge in [0.25, 0.3) is 0 Å². The third kappa shape index (κ3) is 7.74. The predicted octanol–water partition coefficient (Wildman–Crippen LogP) is 8.60. The van der Waals surface area contributed by atoms with Crippen LogP contribution in [0, 0.1) is 28.8 Å². The van der Waals surface area contributed by atoms with E-state index in [1.807, 2.05) is 13.1 Å². The lowest BCUT2D eigenvalue weighted by Gasteiger charge is -2.27. The second-order valence-corrected chi connectivity index (χ2v) is 14.2. The van der Waals surface area contributed by atoms with Crippen LogP contribution < -0.4 is 25.8 Å². The van der Waals surface area contributed by atoms with Crippen molar-refractivity contribution in [1.29, 1.82) is 5.26 Å². The van der Waals surface area contributed by atoms with E-state index in [1.165, 1.54) is 4.90 Å². The van der Waals surface area contributed by atoms with Gasteiger partial charge in [0.05, 0.1) is 28.4 Å². The molecule has 7 rings (SSSR count). The number of nitrogens with zero attached hydrogens (tertiary/aromatic N) is 6. The molecule has 56 heavy (non-hydrogen) atoms. The van der Waals surface area contributed by atoms with Gasteiger partial charge in [0.2, 0.25) is 0 Å². The Bertz CT molecular complexity index is 2350. The third-order valence-electron chi connectivity index (χ3n) is 9.53. The SMILES string of the molecule is CC(Oc1nc2c3c(c(C(F)(F)F)c(-c4ccc(F)c5sc(N)c(C#N)c45)c(F)c3n1)OCCN2Cc1cc(F)cnc1N)C1CCCN1C.CCC(F)(F)F. The normalized spacial score (nSPS) is 16.6. The number of alkyl halides is 6. The Hall–Kier alpha value is -5.29. The predicted molar refractivity (Wildman–Crippen MR) is 192 cm³/mol. The van der Waals surface area contributed by atoms with Gasteiger partial charge in [-0.05, 0) is 51.1 Å². The summed E-state index contributed by atoms with van der Waals surface area (Å²) in [6.45, 7) is 3.06. The van der Waals surface area contributed by atoms with Gasteiger partial charge < -0.3 is 25.8 Å². The van der Waals surface area contributed by atoms with Crippen LogP contribution in [0.1, 0.15) is 49.8 Å². The van der Waals surface area contributed by atoms with Gasteiger partial charge in [-0.2, -0.15) is 41.6 Å². The maximum atomic E-state index is 17.2. The van der Waals surface area contributed by atoms with Crippen molar-refractivity contribution in [3.63, 3.8) is 0 Å². The molecule has 2 aliphatic rings. The molecule has 3 aromatic heterocycles. The average Bonchev–Trinajstić information content (AvgIpc) is 3.67. The highest BCUT2D eigenvalue weighted by atomic mass is 32.1. The Kier molecular flexibility index (Phi) is 11.1. The molecule has 0 spiro atoms. The molecule has 5 heterocycles. The summed E-state index contributed by atoms with van der Waals surface area (Å²) in [6.07, 6.45) is -7.80. The first kappa shape index (κ1) is 40.4. The lowest BCUT2D eigenvalue weighted by Crippen LogP contribution is -2.38. The molecule has 2 atom stereocenters. The standard InChI is InChI=1S/C33H28F6N8O2S.C3H5F3/c1-14(20-4-3-7-46(20)2)49-32-44-26-23-27(48-9-8-47(31(23)45-32)13-15-10-16(34)12-43-29(15)41)24(33(37,38)39)22(25(26)36)17-5-6-19(35)28-21(17)18(11-40)30(42)50-28;1-2-3(4,5)6/h5-6,10,12,14,20H,3-4,7-9,13,42H2,1-2H3,(H2,41,43);2H2,1H3. The first-order valence-electron chi connectivity index (χ1n) is 17.1. The van der Waals surface area contributed by atoms with Crippen LogP contribution in [0.5, 0.6) is 11.8 Å². The number of pyridine rings is 1. The summed E-state index contributed by atoms with van der Waals surface area (Å²) in [5.41, 5.74) is 8.36. The number of fused-ring (bicyclic) bond motifs is 1. The number of nitrogens with two attached hydrogens (primary N) is 2. The summed E-state index contributed by atoms with van der Waals surface area (Å²) in [5, 5.41) is 9.03. The Morgan fingerprint density at radius 2 is 1.80 bits per heavy atom. The Morgan fingerprint density at radius 3 is 2.43 bits per heavy atom. The largest absolute Gasteiger partial charge is 0.490 e. The van der Waals surface area contributed by atoms with Crippen molar-refractivity contribution in [2.75, 3.05) is 43.1 Å². The number of nitrogen functional groups attached to an aromatic ring is 2. The minimum Gasteiger partial charge on any atom is -0.490 e. The monoisotopic (exact) mass is 812 g/mol. The lowest BCUT2D eigenvalue weighted by molar-refractivity contribution is -0.138. The fraction of sp³-hybridized carbons (Fsp3) is 0.389. The van der Waals surface area contributed by atoms with Gasteiger partial charge in [0.15, 0.2) is 5.82 Å². The molecule has 2 unspecified atom stereocenters. The summed E-state index contributed by atoms with van der Waals surface area (Å²) in [4.78, 5) is 16.2. The quantitative estimate of drug-likeness (QED) is 0.160. The van der Waals surface area contributed by atoms with Crippen molar-refractivity contribution in [2.45, 2.75) is 64.2 Å². The van der Waals surface area contributed by atoms with E-state index >= 15 is 17.6 Å². The first-order chi connectivity index (χ1) is 26.3. The van der Waals surface area contributed by atoms with Crippen molar-refractivity contribution in [2.24, 2.45) is 0 Å². The van der Waals surface area contributed by atoms with Gasteiger partial charge in [-0.25, -0.2) is 18.2 Å². The minimum atomic E-state index is -5.24. The van der Waals surface area contributed by atoms with E-state index in [2.05, 4.69) is 19.9 Å². The molecule has 0 amide bonds. The van der Waals surface area contributed by atoms with E-state index in [-0.39, 0.29) is 69.6 Å². The van der Waals surface area contributed by atoms with Crippen LogP contribution in [-0.2, 0) is 12.7 Å². The highest BCUT2D eigenvalue weighted by Gasteiger charge is 2.44. The number of benzene rings is 2. The molecule has 1 saturated heterocycles. The second-order valence-electron chi connectivity index (χ2n) is 13.1. The molecule has 5 aromatic rings. The molecule has 1 fully saturated rings. The minimum absolute atomic E-state index is 0.0300. The van der Waals surface area contributed by atoms with Gasteiger partial charge in [-0.15, -0.1) is 11.3 Å². The number of thiophene rings is 1. The topological polar surface area (TPSA) is 139 Å². The summed E-state index contributed by atoms with van der Waals surface area (Å²) < 4.78 is 136. The summed E-state index contributed by atoms with van der Waals surface area (Å²) in [5.74, 6) is -3.96. The molecule has 0 saturated carbocycles. The Balaban J connectivity index is 0.000000822. The Morgan fingerprint density at radius 1 is 1.09 bits per heavy atom. The van der Waals surface area contributed by atoms with Gasteiger partial charge in [0, 0.05) is 35.5 Å². The van der Waals surface area contributed by atoms with Crippen LogP contribution in [0.15, 0.2) is 24.4 Å². The second kappa shape index (κ2) is 15.3. The van der Waals surface area contributed by atoms with E-state index in [0.717, 1.165) is 50.7 Å². The summed E-state index contributed by atoms with van der Waals surface area (Å²) >= 11 is 0.660. The van der Waals surface area contributed by atoms with E-state index < -0.39 is 75.7 Å². The van der Waals surface area contributed by atoms with E-state index in [1.54, 1.807) is 6.92 Å². The van der Waals surface area contributed by atoms with E-state index in [9.17, 15) is 27.2 Å². The molecule has 2 aromatic carbocycles. The first-order valence-corrected chi connectivity index (χ1v) is 17.9. The maximum Gasteiger partial charge on any atom is 0.420 e. The zero-order chi connectivity index (χ0) is 40.9. The van der Waals surface area contributed by atoms with E-state index in [4.69, 9.17) is 20.9 Å². The Labute approximate surface area is 317 Å². The number of ether oxygens (including phenoxy) is 2. The number of hydrogen-bond acceptors (Lipinski definition) is 11. The zero-order valence-electron chi connectivity index (χ0n) is 29.9. The number of anilines is 3. The van der Waals surface area contributed by atoms with Crippen LogP contribution in [0.25, 0.3) is 32.1 Å². The van der Waals surface area contributed by atoms with Crippen molar-refractivity contribution in [3.05, 3.63) is 58.5 Å². The number of likely N-dealkylation sites (N-methyl/N-ethyl adjacent to an activating group) is 1. The fourth-order valence-electron chi connectivity index (χ4n) is 6.84. The molecular weight excluding hydrogens is 779 g/mol. The number of nitriles is 1. The summed E-state index contributed by atoms with van der Waals surface area (Å²) in [7, 11) is 1.93. The van der Waals surface area contributed by atoms with Gasteiger partial charge in [-0.1, -0.05) is 13.0 Å². The molecule has 2 aliphatic heterocycles. The number of rotatable bonds is 6. The van der Waals surface area contributed by atoms with Crippen LogP contribution in [0.2, 0.25) is 0 Å². The highest BCUT2D eigenvalue weighted by molar-refractivity contribution is 7.23. The number of halogens is 9. The number of aromatic nitrogens is 3. The smallest absolute Gasteiger partial charge is 0.420 e. The molecule has 0 bridgehead atoms. The van der Waals surface area contributed by atoms with Crippen molar-refractivity contribution >= 4 is 49.0 Å². The molecule has 0 radical (unpaired) electrons. The maximum absolute atomic E-state index is 17.2. The van der Waals surface area contributed by atoms with Crippen molar-refractivity contribution in [1.82, 2.24) is 19.9 Å². The number of hydrogen-bond donors (Lipinski definition) is 2. The molecule has 0 aliphatic carbocycles. The zero-order valence-corrected chi connectivity index (χ0v) is 30.7. The van der Waals surface area contributed by atoms with Crippen LogP contribution in [-0.4, -0.2) is 64.9 Å². The van der Waals surface area contributed by atoms with E-state index in [0.29, 0.717) is 11.3 Å². The fourth-order valence-corrected chi connectivity index (χ4v) is 7.79. The molecule has 10 nitrogen and oxygen atoms in total. The molecule has 20 heteroatoms. The van der Waals surface area contributed by atoms with Gasteiger partial charge in [0.1, 0.15) is 63.9 Å². The highest BCUT2D eigenvalue weighted by Crippen LogP contribution is 2.53. The van der Waals surface area contributed by atoms with Crippen LogP contribution in [0.3, 0.4) is 0 Å². The van der Waals surface area contributed by atoms with Crippen LogP contribution >= 0.6 is 11.3 Å². The average molecular weight is 813 g/mol. The van der Waals surface area contributed by atoms with Crippen LogP contribution in [0.4, 0.5) is 56.2 Å². The summed E-state index contributed by atoms with van der Waals surface area (Å²) in [6, 6.07) is 4.43. The molecule has 4 N–H and O–H groups in total. The molecular formula is C36H33F9N8O2S. The van der Waals surface area contributed by atoms with Crippen molar-refractivity contribution < 1.29 is 49.0 Å². The molecule has 298 valence electrons.